The van der Waals surface area contributed by atoms with Crippen molar-refractivity contribution in [1.82, 2.24) is 9.78 Å². The summed E-state index contributed by atoms with van der Waals surface area (Å²) in [6.45, 7) is 9.14. The van der Waals surface area contributed by atoms with E-state index in [-0.39, 0.29) is 18.2 Å². The molecule has 172 valence electrons. The third-order valence-corrected chi connectivity index (χ3v) is 5.75. The first kappa shape index (κ1) is 22.6. The van der Waals surface area contributed by atoms with Crippen LogP contribution in [0.15, 0.2) is 42.5 Å². The lowest BCUT2D eigenvalue weighted by atomic mass is 10.0. The Bertz CT molecular complexity index is 1180. The number of ether oxygens (including phenoxy) is 2. The summed E-state index contributed by atoms with van der Waals surface area (Å²) in [6.07, 6.45) is 1.33. The molecule has 0 bridgehead atoms. The number of hydrogen-bond donors (Lipinski definition) is 0. The van der Waals surface area contributed by atoms with E-state index in [4.69, 9.17) is 9.47 Å². The number of rotatable bonds is 4. The zero-order chi connectivity index (χ0) is 23.5. The summed E-state index contributed by atoms with van der Waals surface area (Å²) in [6, 6.07) is 13.6. The van der Waals surface area contributed by atoms with E-state index in [2.05, 4.69) is 5.10 Å². The van der Waals surface area contributed by atoms with Gasteiger partial charge in [0.15, 0.2) is 5.69 Å². The van der Waals surface area contributed by atoms with Gasteiger partial charge in [0.2, 0.25) is 0 Å². The van der Waals surface area contributed by atoms with Crippen LogP contribution in [0, 0.1) is 6.92 Å². The molecule has 0 fully saturated rings. The van der Waals surface area contributed by atoms with E-state index < -0.39 is 5.97 Å². The molecule has 3 aromatic rings. The summed E-state index contributed by atoms with van der Waals surface area (Å²) in [5.41, 5.74) is 5.02. The van der Waals surface area contributed by atoms with Crippen molar-refractivity contribution in [3.63, 3.8) is 0 Å². The molecule has 0 saturated carbocycles. The third kappa shape index (κ3) is 4.11. The van der Waals surface area contributed by atoms with Crippen LogP contribution < -0.4 is 9.64 Å². The molecule has 1 amide bonds. The standard InChI is InChI=1S/C24H23N3O4.C2H6/c1-3-30-24(29)21-19-10-12-26(17-6-4-15(2)5-7-17)23(28)22(19)27(25-21)18-8-9-20-16(14-18)11-13-31-20;1-2/h4-9,14H,3,10-13H2,1-2H3;1-2H3. The smallest absolute Gasteiger partial charge is 0.359 e. The van der Waals surface area contributed by atoms with Gasteiger partial charge in [-0.1, -0.05) is 31.5 Å². The van der Waals surface area contributed by atoms with Gasteiger partial charge in [-0.2, -0.15) is 5.10 Å². The highest BCUT2D eigenvalue weighted by Gasteiger charge is 2.35. The molecule has 2 aromatic carbocycles. The minimum atomic E-state index is -0.501. The van der Waals surface area contributed by atoms with E-state index >= 15 is 0 Å². The summed E-state index contributed by atoms with van der Waals surface area (Å²) < 4.78 is 12.4. The van der Waals surface area contributed by atoms with Crippen molar-refractivity contribution in [2.75, 3.05) is 24.7 Å². The fraction of sp³-hybridized carbons (Fsp3) is 0.346. The average molecular weight is 448 g/mol. The Labute approximate surface area is 193 Å². The van der Waals surface area contributed by atoms with Gasteiger partial charge in [-0.05, 0) is 56.2 Å². The summed E-state index contributed by atoms with van der Waals surface area (Å²) in [4.78, 5) is 28.0. The van der Waals surface area contributed by atoms with Crippen LogP contribution in [-0.4, -0.2) is 41.4 Å². The Hall–Kier alpha value is -3.61. The van der Waals surface area contributed by atoms with Crippen LogP contribution in [0.4, 0.5) is 5.69 Å². The van der Waals surface area contributed by atoms with Crippen LogP contribution in [0.25, 0.3) is 5.69 Å². The molecule has 0 N–H and O–H groups in total. The Balaban J connectivity index is 0.00000126. The van der Waals surface area contributed by atoms with Crippen molar-refractivity contribution in [3.8, 4) is 11.4 Å². The lowest BCUT2D eigenvalue weighted by Gasteiger charge is -2.28. The highest BCUT2D eigenvalue weighted by atomic mass is 16.5. The van der Waals surface area contributed by atoms with Crippen LogP contribution in [0.1, 0.15) is 58.4 Å². The lowest BCUT2D eigenvalue weighted by molar-refractivity contribution is 0.0517. The number of benzene rings is 2. The number of carbonyl (C=O) groups excluding carboxylic acids is 2. The van der Waals surface area contributed by atoms with Crippen molar-refractivity contribution in [3.05, 3.63) is 70.5 Å². The number of aromatic nitrogens is 2. The molecule has 0 spiro atoms. The fourth-order valence-corrected chi connectivity index (χ4v) is 4.19. The van der Waals surface area contributed by atoms with E-state index in [1.165, 1.54) is 0 Å². The summed E-state index contributed by atoms with van der Waals surface area (Å²) in [7, 11) is 0. The van der Waals surface area contributed by atoms with Gasteiger partial charge in [-0.15, -0.1) is 0 Å². The quantitative estimate of drug-likeness (QED) is 0.550. The number of amides is 1. The molecule has 0 atom stereocenters. The topological polar surface area (TPSA) is 73.7 Å². The summed E-state index contributed by atoms with van der Waals surface area (Å²) in [5.74, 6) is 0.173. The molecule has 2 aliphatic heterocycles. The molecule has 0 aliphatic carbocycles. The minimum absolute atomic E-state index is 0.176. The van der Waals surface area contributed by atoms with Gasteiger partial charge in [0.05, 0.1) is 18.9 Å². The number of aryl methyl sites for hydroxylation is 1. The van der Waals surface area contributed by atoms with Crippen LogP contribution in [-0.2, 0) is 17.6 Å². The maximum absolute atomic E-state index is 13.6. The Morgan fingerprint density at radius 3 is 2.55 bits per heavy atom. The number of hydrogen-bond acceptors (Lipinski definition) is 5. The normalized spacial score (nSPS) is 14.1. The Morgan fingerprint density at radius 2 is 1.82 bits per heavy atom. The summed E-state index contributed by atoms with van der Waals surface area (Å²) in [5, 5.41) is 4.55. The maximum atomic E-state index is 13.6. The molecular formula is C26H29N3O4. The molecule has 7 heteroatoms. The second kappa shape index (κ2) is 9.48. The van der Waals surface area contributed by atoms with E-state index in [0.717, 1.165) is 34.7 Å². The zero-order valence-corrected chi connectivity index (χ0v) is 19.6. The Kier molecular flexibility index (Phi) is 6.49. The van der Waals surface area contributed by atoms with Gasteiger partial charge in [-0.25, -0.2) is 9.48 Å². The minimum Gasteiger partial charge on any atom is -0.493 e. The first-order chi connectivity index (χ1) is 16.1. The van der Waals surface area contributed by atoms with Crippen LogP contribution in [0.5, 0.6) is 5.75 Å². The molecule has 1 aromatic heterocycles. The predicted octanol–water partition coefficient (Wildman–Crippen LogP) is 4.52. The molecule has 33 heavy (non-hydrogen) atoms. The number of fused-ring (bicyclic) bond motifs is 2. The van der Waals surface area contributed by atoms with E-state index in [0.29, 0.717) is 30.8 Å². The monoisotopic (exact) mass is 447 g/mol. The van der Waals surface area contributed by atoms with Crippen molar-refractivity contribution in [2.45, 2.75) is 40.5 Å². The first-order valence-electron chi connectivity index (χ1n) is 11.5. The lowest BCUT2D eigenvalue weighted by Crippen LogP contribution is -2.39. The average Bonchev–Trinajstić information content (AvgIpc) is 3.46. The second-order valence-corrected chi connectivity index (χ2v) is 7.74. The van der Waals surface area contributed by atoms with Crippen molar-refractivity contribution in [1.29, 1.82) is 0 Å². The largest absolute Gasteiger partial charge is 0.493 e. The SMILES string of the molecule is CC.CCOC(=O)c1nn(-c2ccc3c(c2)CCO3)c2c1CCN(c1ccc(C)cc1)C2=O. The highest BCUT2D eigenvalue weighted by molar-refractivity contribution is 6.09. The van der Waals surface area contributed by atoms with Gasteiger partial charge >= 0.3 is 5.97 Å². The van der Waals surface area contributed by atoms with Gasteiger partial charge < -0.3 is 14.4 Å². The molecule has 0 saturated heterocycles. The van der Waals surface area contributed by atoms with Gasteiger partial charge in [0, 0.05) is 24.2 Å². The molecule has 2 aliphatic rings. The van der Waals surface area contributed by atoms with E-state index in [1.54, 1.807) is 16.5 Å². The second-order valence-electron chi connectivity index (χ2n) is 7.74. The predicted molar refractivity (Wildman–Crippen MR) is 127 cm³/mol. The van der Waals surface area contributed by atoms with Crippen molar-refractivity contribution < 1.29 is 19.1 Å². The van der Waals surface area contributed by atoms with Crippen LogP contribution in [0.2, 0.25) is 0 Å². The molecule has 0 radical (unpaired) electrons. The molecular weight excluding hydrogens is 418 g/mol. The van der Waals surface area contributed by atoms with Crippen LogP contribution >= 0.6 is 0 Å². The van der Waals surface area contributed by atoms with E-state index in [9.17, 15) is 9.59 Å². The van der Waals surface area contributed by atoms with Crippen molar-refractivity contribution in [2.24, 2.45) is 0 Å². The molecule has 3 heterocycles. The molecule has 5 rings (SSSR count). The van der Waals surface area contributed by atoms with Gasteiger partial charge in [-0.3, -0.25) is 4.79 Å². The molecule has 0 unspecified atom stereocenters. The first-order valence-corrected chi connectivity index (χ1v) is 11.5. The number of nitrogens with zero attached hydrogens (tertiary/aromatic N) is 3. The van der Waals surface area contributed by atoms with Crippen molar-refractivity contribution >= 4 is 17.6 Å². The fourth-order valence-electron chi connectivity index (χ4n) is 4.19. The zero-order valence-electron chi connectivity index (χ0n) is 19.6. The van der Waals surface area contributed by atoms with E-state index in [1.807, 2.05) is 63.2 Å². The maximum Gasteiger partial charge on any atom is 0.359 e. The highest BCUT2D eigenvalue weighted by Crippen LogP contribution is 2.32. The van der Waals surface area contributed by atoms with Gasteiger partial charge in [0.25, 0.3) is 5.91 Å². The van der Waals surface area contributed by atoms with Gasteiger partial charge in [0.1, 0.15) is 11.4 Å². The summed E-state index contributed by atoms with van der Waals surface area (Å²) >= 11 is 0. The van der Waals surface area contributed by atoms with Crippen LogP contribution in [0.3, 0.4) is 0 Å². The molecule has 7 nitrogen and oxygen atoms in total. The number of anilines is 1. The number of carbonyl (C=O) groups is 2. The third-order valence-electron chi connectivity index (χ3n) is 5.75. The number of esters is 1. The Morgan fingerprint density at radius 1 is 1.09 bits per heavy atom.